The fourth-order valence-corrected chi connectivity index (χ4v) is 4.42. The molecule has 2 rings (SSSR count). The fourth-order valence-electron chi connectivity index (χ4n) is 4.42. The molecule has 8 nitrogen and oxygen atoms in total. The molecule has 1 fully saturated rings. The number of unbranched alkanes of at least 4 members (excludes halogenated alkanes) is 1. The first-order valence-electron chi connectivity index (χ1n) is 12.7. The third kappa shape index (κ3) is 9.43. The van der Waals surface area contributed by atoms with Crippen molar-refractivity contribution in [3.63, 3.8) is 0 Å². The van der Waals surface area contributed by atoms with Crippen LogP contribution in [0.2, 0.25) is 0 Å². The van der Waals surface area contributed by atoms with E-state index in [0.717, 1.165) is 18.4 Å². The quantitative estimate of drug-likeness (QED) is 0.263. The lowest BCUT2D eigenvalue weighted by Crippen LogP contribution is -2.55. The number of aliphatic hydroxyl groups is 1. The maximum atomic E-state index is 12.8. The topological polar surface area (TPSA) is 134 Å². The first kappa shape index (κ1) is 27.8. The van der Waals surface area contributed by atoms with Crippen LogP contribution < -0.4 is 21.7 Å². The second kappa shape index (κ2) is 15.5. The molecule has 34 heavy (non-hydrogen) atoms. The van der Waals surface area contributed by atoms with Gasteiger partial charge in [-0.15, -0.1) is 0 Å². The van der Waals surface area contributed by atoms with Crippen LogP contribution in [0.1, 0.15) is 76.2 Å². The summed E-state index contributed by atoms with van der Waals surface area (Å²) in [4.78, 5) is 38.3. The minimum Gasteiger partial charge on any atom is -0.394 e. The van der Waals surface area contributed by atoms with Crippen LogP contribution >= 0.6 is 0 Å². The van der Waals surface area contributed by atoms with E-state index in [0.29, 0.717) is 31.8 Å². The predicted octanol–water partition coefficient (Wildman–Crippen LogP) is 1.97. The van der Waals surface area contributed by atoms with Crippen molar-refractivity contribution in [2.75, 3.05) is 19.7 Å². The number of hydrogen-bond donors (Lipinski definition) is 5. The lowest BCUT2D eigenvalue weighted by molar-refractivity contribution is -0.133. The van der Waals surface area contributed by atoms with Gasteiger partial charge >= 0.3 is 0 Å². The Labute approximate surface area is 203 Å². The lowest BCUT2D eigenvalue weighted by atomic mass is 9.87. The van der Waals surface area contributed by atoms with Gasteiger partial charge in [0.25, 0.3) is 0 Å². The Bertz CT molecular complexity index is 752. The maximum absolute atomic E-state index is 12.8. The molecule has 1 aliphatic carbocycles. The number of carbonyl (C=O) groups is 3. The molecule has 0 bridgehead atoms. The number of rotatable bonds is 14. The van der Waals surface area contributed by atoms with E-state index in [1.807, 2.05) is 30.3 Å². The number of benzene rings is 1. The number of amides is 3. The van der Waals surface area contributed by atoms with Crippen molar-refractivity contribution in [3.05, 3.63) is 35.9 Å². The van der Waals surface area contributed by atoms with Crippen molar-refractivity contribution < 1.29 is 19.5 Å². The minimum atomic E-state index is -1.13. The highest BCUT2D eigenvalue weighted by Gasteiger charge is 2.28. The molecule has 8 heteroatoms. The molecule has 0 spiro atoms. The van der Waals surface area contributed by atoms with E-state index in [1.54, 1.807) is 6.92 Å². The molecule has 3 amide bonds. The molecule has 0 aliphatic heterocycles. The first-order chi connectivity index (χ1) is 16.5. The summed E-state index contributed by atoms with van der Waals surface area (Å²) in [5.41, 5.74) is 6.40. The number of carbonyl (C=O) groups excluding carboxylic acids is 3. The highest BCUT2D eigenvalue weighted by Crippen LogP contribution is 2.25. The van der Waals surface area contributed by atoms with Gasteiger partial charge in [0.1, 0.15) is 12.1 Å². The second-order valence-electron chi connectivity index (χ2n) is 9.31. The third-order valence-electron chi connectivity index (χ3n) is 6.66. The Morgan fingerprint density at radius 1 is 0.971 bits per heavy atom. The summed E-state index contributed by atoms with van der Waals surface area (Å²) in [5, 5.41) is 18.1. The van der Waals surface area contributed by atoms with Crippen LogP contribution in [0.15, 0.2) is 30.3 Å². The van der Waals surface area contributed by atoms with E-state index in [4.69, 9.17) is 5.73 Å². The molecule has 1 aromatic rings. The fraction of sp³-hybridized carbons (Fsp3) is 0.654. The summed E-state index contributed by atoms with van der Waals surface area (Å²) in [6, 6.07) is 7.35. The van der Waals surface area contributed by atoms with Gasteiger partial charge in [-0.25, -0.2) is 0 Å². The molecule has 0 radical (unpaired) electrons. The van der Waals surface area contributed by atoms with Crippen molar-refractivity contribution >= 4 is 17.7 Å². The molecule has 0 heterocycles. The van der Waals surface area contributed by atoms with E-state index in [2.05, 4.69) is 16.0 Å². The van der Waals surface area contributed by atoms with Crippen LogP contribution in [-0.2, 0) is 14.4 Å². The SMILES string of the molecule is C[C@@H](C(=O)N[C@@H](CO)C(=O)N[C@@H](CCCCN)C(=O)NCCC1CCCCC1)c1ccccc1. The van der Waals surface area contributed by atoms with Crippen LogP contribution in [0.3, 0.4) is 0 Å². The van der Waals surface area contributed by atoms with Crippen molar-refractivity contribution in [3.8, 4) is 0 Å². The van der Waals surface area contributed by atoms with Crippen LogP contribution in [0, 0.1) is 5.92 Å². The van der Waals surface area contributed by atoms with Gasteiger partial charge in [-0.2, -0.15) is 0 Å². The maximum Gasteiger partial charge on any atom is 0.245 e. The number of aliphatic hydroxyl groups excluding tert-OH is 1. The summed E-state index contributed by atoms with van der Waals surface area (Å²) in [6.07, 6.45) is 9.07. The molecule has 0 aromatic heterocycles. The van der Waals surface area contributed by atoms with E-state index >= 15 is 0 Å². The minimum absolute atomic E-state index is 0.234. The zero-order chi connectivity index (χ0) is 24.8. The number of hydrogen-bond acceptors (Lipinski definition) is 5. The first-order valence-corrected chi connectivity index (χ1v) is 12.7. The van der Waals surface area contributed by atoms with E-state index < -0.39 is 30.5 Å². The molecule has 0 saturated heterocycles. The summed E-state index contributed by atoms with van der Waals surface area (Å²) in [6.45, 7) is 2.28. The zero-order valence-electron chi connectivity index (χ0n) is 20.4. The van der Waals surface area contributed by atoms with Crippen molar-refractivity contribution in [2.24, 2.45) is 11.7 Å². The average molecular weight is 475 g/mol. The number of nitrogens with two attached hydrogens (primary N) is 1. The Balaban J connectivity index is 1.91. The molecular weight excluding hydrogens is 432 g/mol. The van der Waals surface area contributed by atoms with Gasteiger partial charge in [0.05, 0.1) is 12.5 Å². The predicted molar refractivity (Wildman–Crippen MR) is 133 cm³/mol. The Kier molecular flexibility index (Phi) is 12.6. The van der Waals surface area contributed by atoms with E-state index in [1.165, 1.54) is 32.1 Å². The van der Waals surface area contributed by atoms with Gasteiger partial charge in [0.15, 0.2) is 0 Å². The molecule has 3 atom stereocenters. The molecule has 1 aromatic carbocycles. The largest absolute Gasteiger partial charge is 0.394 e. The van der Waals surface area contributed by atoms with Gasteiger partial charge in [-0.1, -0.05) is 62.4 Å². The van der Waals surface area contributed by atoms with Crippen LogP contribution in [0.5, 0.6) is 0 Å². The van der Waals surface area contributed by atoms with Crippen molar-refractivity contribution in [1.82, 2.24) is 16.0 Å². The van der Waals surface area contributed by atoms with Gasteiger partial charge in [0.2, 0.25) is 17.7 Å². The van der Waals surface area contributed by atoms with Gasteiger partial charge < -0.3 is 26.8 Å². The van der Waals surface area contributed by atoms with Gasteiger partial charge in [-0.05, 0) is 50.6 Å². The lowest BCUT2D eigenvalue weighted by Gasteiger charge is -2.24. The Morgan fingerprint density at radius 3 is 2.29 bits per heavy atom. The molecule has 1 aliphatic rings. The molecular formula is C26H42N4O4. The molecule has 6 N–H and O–H groups in total. The van der Waals surface area contributed by atoms with Crippen LogP contribution in [-0.4, -0.2) is 54.6 Å². The van der Waals surface area contributed by atoms with E-state index in [9.17, 15) is 19.5 Å². The standard InChI is InChI=1S/C26H42N4O4/c1-19(21-12-6-3-7-13-21)24(32)30-23(18-31)26(34)29-22(14-8-9-16-27)25(33)28-17-15-20-10-4-2-5-11-20/h3,6-7,12-13,19-20,22-23,31H,2,4-5,8-11,14-18,27H2,1H3,(H,28,33)(H,29,34)(H,30,32)/t19-,22+,23+/m1/s1. The monoisotopic (exact) mass is 474 g/mol. The summed E-state index contributed by atoms with van der Waals surface area (Å²) in [7, 11) is 0. The van der Waals surface area contributed by atoms with Crippen LogP contribution in [0.4, 0.5) is 0 Å². The highest BCUT2D eigenvalue weighted by atomic mass is 16.3. The molecule has 0 unspecified atom stereocenters. The molecule has 190 valence electrons. The molecule has 1 saturated carbocycles. The Morgan fingerprint density at radius 2 is 1.65 bits per heavy atom. The Hall–Kier alpha value is -2.45. The zero-order valence-corrected chi connectivity index (χ0v) is 20.4. The number of nitrogens with one attached hydrogen (secondary N) is 3. The second-order valence-corrected chi connectivity index (χ2v) is 9.31. The summed E-state index contributed by atoms with van der Waals surface area (Å²) >= 11 is 0. The summed E-state index contributed by atoms with van der Waals surface area (Å²) < 4.78 is 0. The normalized spacial score (nSPS) is 16.8. The van der Waals surface area contributed by atoms with E-state index in [-0.39, 0.29) is 11.8 Å². The van der Waals surface area contributed by atoms with Gasteiger partial charge in [0, 0.05) is 6.54 Å². The van der Waals surface area contributed by atoms with Crippen LogP contribution in [0.25, 0.3) is 0 Å². The van der Waals surface area contributed by atoms with Crippen molar-refractivity contribution in [1.29, 1.82) is 0 Å². The average Bonchev–Trinajstić information content (AvgIpc) is 2.87. The van der Waals surface area contributed by atoms with Gasteiger partial charge in [-0.3, -0.25) is 14.4 Å². The third-order valence-corrected chi connectivity index (χ3v) is 6.66. The summed E-state index contributed by atoms with van der Waals surface area (Å²) in [5.74, 6) is -0.999. The highest BCUT2D eigenvalue weighted by molar-refractivity contribution is 5.93. The van der Waals surface area contributed by atoms with Crippen molar-refractivity contribution in [2.45, 2.75) is 82.7 Å². The smallest absolute Gasteiger partial charge is 0.245 e.